The molecule has 2 rings (SSSR count). The molecule has 0 aromatic heterocycles. The number of rotatable bonds is 5. The van der Waals surface area contributed by atoms with Gasteiger partial charge in [0.05, 0.1) is 24.7 Å². The van der Waals surface area contributed by atoms with Crippen molar-refractivity contribution in [2.45, 2.75) is 11.8 Å². The van der Waals surface area contributed by atoms with E-state index in [0.29, 0.717) is 31.2 Å². The highest BCUT2D eigenvalue weighted by Crippen LogP contribution is 2.21. The van der Waals surface area contributed by atoms with Gasteiger partial charge in [0.1, 0.15) is 5.84 Å². The number of benzene rings is 1. The third-order valence-corrected chi connectivity index (χ3v) is 3.91. The molecule has 1 N–H and O–H groups in total. The van der Waals surface area contributed by atoms with E-state index in [2.05, 4.69) is 16.3 Å². The van der Waals surface area contributed by atoms with Gasteiger partial charge in [-0.2, -0.15) is 0 Å². The number of aliphatic imine (C=N–C) groups is 1. The molecule has 1 heterocycles. The number of hydrogen-bond acceptors (Lipinski definition) is 4. The summed E-state index contributed by atoms with van der Waals surface area (Å²) in [5.41, 5.74) is 1.56. The van der Waals surface area contributed by atoms with Crippen LogP contribution in [0.5, 0.6) is 0 Å². The minimum Gasteiger partial charge on any atom is -0.375 e. The van der Waals surface area contributed by atoms with Crippen LogP contribution in [-0.2, 0) is 14.8 Å². The highest BCUT2D eigenvalue weighted by Gasteiger charge is 2.29. The maximum absolute atomic E-state index is 11.8. The minimum atomic E-state index is -3.45. The van der Waals surface area contributed by atoms with Crippen LogP contribution in [0.4, 0.5) is 0 Å². The lowest BCUT2D eigenvalue weighted by molar-refractivity contribution is 0.165. The summed E-state index contributed by atoms with van der Waals surface area (Å²) >= 11 is 0. The predicted molar refractivity (Wildman–Crippen MR) is 73.8 cm³/mol. The van der Waals surface area contributed by atoms with E-state index in [4.69, 9.17) is 4.74 Å². The van der Waals surface area contributed by atoms with Gasteiger partial charge in [-0.3, -0.25) is 9.71 Å². The zero-order valence-electron chi connectivity index (χ0n) is 10.7. The minimum absolute atomic E-state index is 0.275. The maximum atomic E-state index is 11.8. The van der Waals surface area contributed by atoms with Gasteiger partial charge in [0.25, 0.3) is 10.0 Å². The lowest BCUT2D eigenvalue weighted by Crippen LogP contribution is -2.22. The lowest BCUT2D eigenvalue weighted by Gasteiger charge is -2.02. The number of sulfonamides is 1. The molecule has 0 aliphatic carbocycles. The third kappa shape index (κ3) is 3.21. The van der Waals surface area contributed by atoms with Crippen molar-refractivity contribution in [2.24, 2.45) is 4.99 Å². The van der Waals surface area contributed by atoms with Crippen LogP contribution >= 0.6 is 0 Å². The fraction of sp³-hybridized carbons (Fsp3) is 0.308. The largest absolute Gasteiger partial charge is 0.375 e. The molecule has 19 heavy (non-hydrogen) atoms. The van der Waals surface area contributed by atoms with Crippen LogP contribution in [0.1, 0.15) is 12.5 Å². The lowest BCUT2D eigenvalue weighted by atomic mass is 10.2. The van der Waals surface area contributed by atoms with E-state index in [1.54, 1.807) is 24.3 Å². The molecule has 0 unspecified atom stereocenters. The maximum Gasteiger partial charge on any atom is 0.263 e. The van der Waals surface area contributed by atoms with E-state index in [9.17, 15) is 8.42 Å². The van der Waals surface area contributed by atoms with Crippen LogP contribution in [-0.4, -0.2) is 34.0 Å². The summed E-state index contributed by atoms with van der Waals surface area (Å²) in [5.74, 6) is 0.384. The Morgan fingerprint density at radius 1 is 1.42 bits per heavy atom. The molecule has 0 fully saturated rings. The molecular weight excluding hydrogens is 264 g/mol. The summed E-state index contributed by atoms with van der Waals surface area (Å²) in [4.78, 5) is 4.50. The average Bonchev–Trinajstić information content (AvgIpc) is 2.61. The van der Waals surface area contributed by atoms with Gasteiger partial charge in [-0.25, -0.2) is 8.42 Å². The summed E-state index contributed by atoms with van der Waals surface area (Å²) in [7, 11) is -3.45. The second-order valence-corrected chi connectivity index (χ2v) is 5.99. The molecule has 0 saturated carbocycles. The number of hydrogen-bond donors (Lipinski definition) is 1. The highest BCUT2D eigenvalue weighted by molar-refractivity contribution is 7.90. The molecule has 1 aliphatic rings. The Kier molecular flexibility index (Phi) is 4.01. The zero-order valence-corrected chi connectivity index (χ0v) is 11.5. The Labute approximate surface area is 113 Å². The second-order valence-electron chi connectivity index (χ2n) is 4.34. The van der Waals surface area contributed by atoms with Gasteiger partial charge in [-0.1, -0.05) is 24.3 Å². The zero-order chi connectivity index (χ0) is 13.9. The molecule has 102 valence electrons. The third-order valence-electron chi connectivity index (χ3n) is 2.52. The standard InChI is InChI=1S/C13H16N2O3S/c1-10(2)9-18-8-7-14-13-11-5-3-4-6-12(11)19(16,17)15-13/h3-6H,1,7-9H2,2H3,(H,14,15). The summed E-state index contributed by atoms with van der Waals surface area (Å²) in [6, 6.07) is 6.78. The molecule has 0 bridgehead atoms. The quantitative estimate of drug-likeness (QED) is 0.653. The van der Waals surface area contributed by atoms with E-state index < -0.39 is 10.0 Å². The molecule has 0 atom stereocenters. The van der Waals surface area contributed by atoms with Crippen molar-refractivity contribution in [1.82, 2.24) is 4.72 Å². The number of ether oxygens (including phenoxy) is 1. The molecule has 1 aromatic rings. The van der Waals surface area contributed by atoms with Crippen molar-refractivity contribution in [2.75, 3.05) is 19.8 Å². The van der Waals surface area contributed by atoms with Gasteiger partial charge in [0.2, 0.25) is 0 Å². The highest BCUT2D eigenvalue weighted by atomic mass is 32.2. The molecule has 1 aromatic carbocycles. The van der Waals surface area contributed by atoms with Gasteiger partial charge in [0.15, 0.2) is 0 Å². The normalized spacial score (nSPS) is 18.1. The van der Waals surface area contributed by atoms with Crippen molar-refractivity contribution >= 4 is 15.9 Å². The fourth-order valence-corrected chi connectivity index (χ4v) is 2.97. The first kappa shape index (κ1) is 13.8. The topological polar surface area (TPSA) is 67.8 Å². The summed E-state index contributed by atoms with van der Waals surface area (Å²) in [5, 5.41) is 0. The van der Waals surface area contributed by atoms with Crippen LogP contribution in [0.25, 0.3) is 0 Å². The van der Waals surface area contributed by atoms with Crippen molar-refractivity contribution in [1.29, 1.82) is 0 Å². The van der Waals surface area contributed by atoms with Crippen molar-refractivity contribution in [3.8, 4) is 0 Å². The molecule has 0 amide bonds. The summed E-state index contributed by atoms with van der Waals surface area (Å²) in [6.07, 6.45) is 0. The van der Waals surface area contributed by atoms with Gasteiger partial charge in [0, 0.05) is 5.56 Å². The predicted octanol–water partition coefficient (Wildman–Crippen LogP) is 1.32. The van der Waals surface area contributed by atoms with Crippen LogP contribution in [0.2, 0.25) is 0 Å². The summed E-state index contributed by atoms with van der Waals surface area (Å²) in [6.45, 7) is 6.93. The van der Waals surface area contributed by atoms with Crippen molar-refractivity contribution in [3.63, 3.8) is 0 Å². The number of fused-ring (bicyclic) bond motifs is 1. The summed E-state index contributed by atoms with van der Waals surface area (Å²) < 4.78 is 31.4. The molecule has 6 heteroatoms. The fourth-order valence-electron chi connectivity index (χ4n) is 1.72. The Morgan fingerprint density at radius 3 is 2.89 bits per heavy atom. The molecule has 0 radical (unpaired) electrons. The first-order chi connectivity index (χ1) is 9.00. The monoisotopic (exact) mass is 280 g/mol. The number of nitrogens with zero attached hydrogens (tertiary/aromatic N) is 1. The SMILES string of the molecule is C=C(C)COCCN=C1NS(=O)(=O)c2ccccc21. The van der Waals surface area contributed by atoms with E-state index in [0.717, 1.165) is 5.57 Å². The van der Waals surface area contributed by atoms with Crippen molar-refractivity contribution in [3.05, 3.63) is 42.0 Å². The van der Waals surface area contributed by atoms with Gasteiger partial charge in [-0.15, -0.1) is 0 Å². The number of amidine groups is 1. The average molecular weight is 280 g/mol. The molecule has 0 saturated heterocycles. The first-order valence-corrected chi connectivity index (χ1v) is 7.38. The Morgan fingerprint density at radius 2 is 2.16 bits per heavy atom. The van der Waals surface area contributed by atoms with Crippen LogP contribution in [0.3, 0.4) is 0 Å². The number of nitrogens with one attached hydrogen (secondary N) is 1. The molecule has 5 nitrogen and oxygen atoms in total. The molecular formula is C13H16N2O3S. The van der Waals surface area contributed by atoms with Crippen molar-refractivity contribution < 1.29 is 13.2 Å². The Balaban J connectivity index is 2.05. The van der Waals surface area contributed by atoms with E-state index in [-0.39, 0.29) is 4.90 Å². The van der Waals surface area contributed by atoms with E-state index >= 15 is 0 Å². The van der Waals surface area contributed by atoms with Crippen LogP contribution in [0.15, 0.2) is 46.3 Å². The van der Waals surface area contributed by atoms with Gasteiger partial charge in [-0.05, 0) is 19.1 Å². The molecule has 0 spiro atoms. The van der Waals surface area contributed by atoms with Gasteiger partial charge >= 0.3 is 0 Å². The van der Waals surface area contributed by atoms with Crippen LogP contribution in [0, 0.1) is 0 Å². The molecule has 1 aliphatic heterocycles. The smallest absolute Gasteiger partial charge is 0.263 e. The Bertz CT molecular complexity index is 621. The van der Waals surface area contributed by atoms with Crippen LogP contribution < -0.4 is 4.72 Å². The van der Waals surface area contributed by atoms with E-state index in [1.165, 1.54) is 0 Å². The Hall–Kier alpha value is -1.66. The van der Waals surface area contributed by atoms with E-state index in [1.807, 2.05) is 6.92 Å². The second kappa shape index (κ2) is 5.54. The first-order valence-electron chi connectivity index (χ1n) is 5.89. The van der Waals surface area contributed by atoms with Gasteiger partial charge < -0.3 is 4.74 Å².